The fraction of sp³-hybridized carbons (Fsp3) is 0.545. The van der Waals surface area contributed by atoms with Gasteiger partial charge < -0.3 is 10.6 Å². The van der Waals surface area contributed by atoms with Crippen molar-refractivity contribution in [3.8, 4) is 0 Å². The zero-order valence-electron chi connectivity index (χ0n) is 8.83. The minimum Gasteiger partial charge on any atom is -0.365 e. The van der Waals surface area contributed by atoms with Crippen LogP contribution in [-0.4, -0.2) is 23.6 Å². The van der Waals surface area contributed by atoms with Crippen molar-refractivity contribution < 1.29 is 0 Å². The molecule has 15 heavy (non-hydrogen) atoms. The van der Waals surface area contributed by atoms with E-state index in [1.807, 2.05) is 18.3 Å². The molecule has 0 amide bonds. The van der Waals surface area contributed by atoms with Gasteiger partial charge in [-0.2, -0.15) is 0 Å². The maximum atomic E-state index is 4.32. The Kier molecular flexibility index (Phi) is 3.59. The summed E-state index contributed by atoms with van der Waals surface area (Å²) in [5.41, 5.74) is 0. The van der Waals surface area contributed by atoms with Crippen molar-refractivity contribution in [2.45, 2.75) is 31.8 Å². The van der Waals surface area contributed by atoms with Crippen LogP contribution in [-0.2, 0) is 0 Å². The summed E-state index contributed by atoms with van der Waals surface area (Å²) in [4.78, 5) is 4.32. The predicted octanol–water partition coefficient (Wildman–Crippen LogP) is 2.40. The van der Waals surface area contributed by atoms with E-state index in [2.05, 4.69) is 38.5 Å². The van der Waals surface area contributed by atoms with Crippen LogP contribution >= 0.6 is 15.9 Å². The Labute approximate surface area is 98.8 Å². The van der Waals surface area contributed by atoms with Gasteiger partial charge in [0, 0.05) is 18.3 Å². The van der Waals surface area contributed by atoms with Crippen molar-refractivity contribution in [1.29, 1.82) is 0 Å². The predicted molar refractivity (Wildman–Crippen MR) is 66.0 cm³/mol. The number of hydrogen-bond acceptors (Lipinski definition) is 3. The SMILES string of the molecule is CC1NCCCC1Nc1ncccc1Br. The smallest absolute Gasteiger partial charge is 0.140 e. The molecule has 1 aromatic rings. The lowest BCUT2D eigenvalue weighted by atomic mass is 10.00. The van der Waals surface area contributed by atoms with Crippen molar-refractivity contribution >= 4 is 21.7 Å². The molecular weight excluding hydrogens is 254 g/mol. The highest BCUT2D eigenvalue weighted by molar-refractivity contribution is 9.10. The Morgan fingerprint density at radius 2 is 2.47 bits per heavy atom. The van der Waals surface area contributed by atoms with Gasteiger partial charge in [-0.25, -0.2) is 4.98 Å². The monoisotopic (exact) mass is 269 g/mol. The second-order valence-electron chi connectivity index (χ2n) is 3.97. The van der Waals surface area contributed by atoms with E-state index in [-0.39, 0.29) is 0 Å². The van der Waals surface area contributed by atoms with E-state index in [0.717, 1.165) is 16.8 Å². The van der Waals surface area contributed by atoms with Crippen molar-refractivity contribution in [2.24, 2.45) is 0 Å². The van der Waals surface area contributed by atoms with Crippen LogP contribution in [0, 0.1) is 0 Å². The molecule has 0 aliphatic carbocycles. The third-order valence-corrected chi connectivity index (χ3v) is 3.48. The van der Waals surface area contributed by atoms with E-state index in [0.29, 0.717) is 12.1 Å². The number of hydrogen-bond donors (Lipinski definition) is 2. The zero-order chi connectivity index (χ0) is 10.7. The summed E-state index contributed by atoms with van der Waals surface area (Å²) >= 11 is 3.50. The summed E-state index contributed by atoms with van der Waals surface area (Å²) in [6.07, 6.45) is 4.25. The summed E-state index contributed by atoms with van der Waals surface area (Å²) in [6, 6.07) is 4.92. The molecule has 0 radical (unpaired) electrons. The quantitative estimate of drug-likeness (QED) is 0.866. The summed E-state index contributed by atoms with van der Waals surface area (Å²) in [7, 11) is 0. The Balaban J connectivity index is 2.04. The van der Waals surface area contributed by atoms with Crippen LogP contribution in [0.5, 0.6) is 0 Å². The first kappa shape index (κ1) is 10.9. The standard InChI is InChI=1S/C11H16BrN3/c1-8-10(5-3-6-13-8)15-11-9(12)4-2-7-14-11/h2,4,7-8,10,13H,3,5-6H2,1H3,(H,14,15). The molecule has 0 bridgehead atoms. The zero-order valence-corrected chi connectivity index (χ0v) is 10.4. The largest absolute Gasteiger partial charge is 0.365 e. The Bertz CT molecular complexity index is 329. The minimum atomic E-state index is 0.477. The second-order valence-corrected chi connectivity index (χ2v) is 4.82. The number of rotatable bonds is 2. The lowest BCUT2D eigenvalue weighted by Crippen LogP contribution is -2.46. The van der Waals surface area contributed by atoms with Gasteiger partial charge in [0.25, 0.3) is 0 Å². The summed E-state index contributed by atoms with van der Waals surface area (Å²) in [5.74, 6) is 0.943. The lowest BCUT2D eigenvalue weighted by Gasteiger charge is -2.31. The average Bonchev–Trinajstić information content (AvgIpc) is 2.24. The van der Waals surface area contributed by atoms with Gasteiger partial charge in [-0.15, -0.1) is 0 Å². The molecule has 3 nitrogen and oxygen atoms in total. The molecule has 2 unspecified atom stereocenters. The molecule has 4 heteroatoms. The minimum absolute atomic E-state index is 0.477. The van der Waals surface area contributed by atoms with E-state index < -0.39 is 0 Å². The highest BCUT2D eigenvalue weighted by Gasteiger charge is 2.21. The van der Waals surface area contributed by atoms with Crippen LogP contribution in [0.4, 0.5) is 5.82 Å². The van der Waals surface area contributed by atoms with Gasteiger partial charge in [0.05, 0.1) is 4.47 Å². The molecule has 0 aromatic carbocycles. The van der Waals surface area contributed by atoms with Crippen LogP contribution in [0.2, 0.25) is 0 Å². The molecule has 2 N–H and O–H groups in total. The molecule has 2 rings (SSSR count). The summed E-state index contributed by atoms with van der Waals surface area (Å²) in [6.45, 7) is 3.34. The average molecular weight is 270 g/mol. The van der Waals surface area contributed by atoms with E-state index in [1.54, 1.807) is 0 Å². The molecule has 1 fully saturated rings. The Hall–Kier alpha value is -0.610. The second kappa shape index (κ2) is 4.94. The molecule has 82 valence electrons. The maximum absolute atomic E-state index is 4.32. The molecule has 1 saturated heterocycles. The number of halogens is 1. The number of piperidine rings is 1. The molecular formula is C11H16BrN3. The number of nitrogens with zero attached hydrogens (tertiary/aromatic N) is 1. The van der Waals surface area contributed by atoms with Gasteiger partial charge in [0.15, 0.2) is 0 Å². The normalized spacial score (nSPS) is 26.3. The van der Waals surface area contributed by atoms with Gasteiger partial charge in [-0.05, 0) is 54.4 Å². The van der Waals surface area contributed by atoms with Crippen LogP contribution in [0.15, 0.2) is 22.8 Å². The van der Waals surface area contributed by atoms with Crippen LogP contribution in [0.3, 0.4) is 0 Å². The third kappa shape index (κ3) is 2.69. The van der Waals surface area contributed by atoms with Crippen molar-refractivity contribution in [2.75, 3.05) is 11.9 Å². The van der Waals surface area contributed by atoms with Crippen LogP contribution in [0.1, 0.15) is 19.8 Å². The molecule has 0 saturated carbocycles. The topological polar surface area (TPSA) is 37.0 Å². The van der Waals surface area contributed by atoms with Crippen molar-refractivity contribution in [3.05, 3.63) is 22.8 Å². The first-order valence-corrected chi connectivity index (χ1v) is 6.17. The van der Waals surface area contributed by atoms with Gasteiger partial charge in [-0.3, -0.25) is 0 Å². The Morgan fingerprint density at radius 3 is 3.20 bits per heavy atom. The molecule has 2 heterocycles. The van der Waals surface area contributed by atoms with Gasteiger partial charge in [-0.1, -0.05) is 0 Å². The lowest BCUT2D eigenvalue weighted by molar-refractivity contribution is 0.388. The molecule has 1 aliphatic rings. The maximum Gasteiger partial charge on any atom is 0.140 e. The van der Waals surface area contributed by atoms with Gasteiger partial charge in [0.1, 0.15) is 5.82 Å². The van der Waals surface area contributed by atoms with Gasteiger partial charge >= 0.3 is 0 Å². The van der Waals surface area contributed by atoms with E-state index in [9.17, 15) is 0 Å². The van der Waals surface area contributed by atoms with E-state index in [1.165, 1.54) is 12.8 Å². The first-order chi connectivity index (χ1) is 7.27. The van der Waals surface area contributed by atoms with Crippen LogP contribution < -0.4 is 10.6 Å². The van der Waals surface area contributed by atoms with Crippen molar-refractivity contribution in [1.82, 2.24) is 10.3 Å². The summed E-state index contributed by atoms with van der Waals surface area (Å²) in [5, 5.41) is 6.94. The van der Waals surface area contributed by atoms with Crippen molar-refractivity contribution in [3.63, 3.8) is 0 Å². The van der Waals surface area contributed by atoms with Gasteiger partial charge in [0.2, 0.25) is 0 Å². The molecule has 2 atom stereocenters. The third-order valence-electron chi connectivity index (χ3n) is 2.84. The number of anilines is 1. The Morgan fingerprint density at radius 1 is 1.60 bits per heavy atom. The fourth-order valence-corrected chi connectivity index (χ4v) is 2.28. The van der Waals surface area contributed by atoms with Crippen LogP contribution in [0.25, 0.3) is 0 Å². The number of aromatic nitrogens is 1. The molecule has 0 spiro atoms. The molecule has 1 aromatic heterocycles. The van der Waals surface area contributed by atoms with E-state index >= 15 is 0 Å². The highest BCUT2D eigenvalue weighted by Crippen LogP contribution is 2.21. The fourth-order valence-electron chi connectivity index (χ4n) is 1.91. The first-order valence-electron chi connectivity index (χ1n) is 5.38. The molecule has 1 aliphatic heterocycles. The number of pyridine rings is 1. The van der Waals surface area contributed by atoms with E-state index in [4.69, 9.17) is 0 Å². The highest BCUT2D eigenvalue weighted by atomic mass is 79.9. The number of nitrogens with one attached hydrogen (secondary N) is 2. The summed E-state index contributed by atoms with van der Waals surface area (Å²) < 4.78 is 1.03.